The smallest absolute Gasteiger partial charge is 0.251 e. The average molecular weight is 225 g/mol. The lowest BCUT2D eigenvalue weighted by molar-refractivity contribution is 0.0941. The van der Waals surface area contributed by atoms with Crippen molar-refractivity contribution >= 4 is 17.7 Å². The molecule has 1 aromatic carbocycles. The highest BCUT2D eigenvalue weighted by Crippen LogP contribution is 2.17. The first-order valence-electron chi connectivity index (χ1n) is 4.90. The summed E-state index contributed by atoms with van der Waals surface area (Å²) in [5.41, 5.74) is 0.522. The van der Waals surface area contributed by atoms with Crippen molar-refractivity contribution in [3.8, 4) is 0 Å². The summed E-state index contributed by atoms with van der Waals surface area (Å²) in [6.07, 6.45) is 1.03. The molecule has 0 bridgehead atoms. The number of hydrogen-bond donors (Lipinski definition) is 1. The molecule has 1 aromatic rings. The Morgan fingerprint density at radius 1 is 1.40 bits per heavy atom. The summed E-state index contributed by atoms with van der Waals surface area (Å²) in [6.45, 7) is 0. The minimum Gasteiger partial charge on any atom is -0.348 e. The van der Waals surface area contributed by atoms with Gasteiger partial charge in [0.1, 0.15) is 5.82 Å². The molecule has 0 spiro atoms. The minimum atomic E-state index is -0.317. The Morgan fingerprint density at radius 3 is 2.73 bits per heavy atom. The molecule has 1 atom stereocenters. The lowest BCUT2D eigenvalue weighted by Crippen LogP contribution is -2.34. The van der Waals surface area contributed by atoms with Crippen LogP contribution in [-0.2, 0) is 0 Å². The van der Waals surface area contributed by atoms with Gasteiger partial charge in [-0.3, -0.25) is 4.79 Å². The molecule has 0 unspecified atom stereocenters. The van der Waals surface area contributed by atoms with Gasteiger partial charge in [-0.15, -0.1) is 0 Å². The number of thioether (sulfide) groups is 1. The van der Waals surface area contributed by atoms with E-state index >= 15 is 0 Å². The second kappa shape index (κ2) is 4.66. The van der Waals surface area contributed by atoms with Crippen LogP contribution < -0.4 is 5.32 Å². The van der Waals surface area contributed by atoms with Gasteiger partial charge in [0.2, 0.25) is 0 Å². The molecule has 1 heterocycles. The van der Waals surface area contributed by atoms with Crippen LogP contribution in [0.25, 0.3) is 0 Å². The van der Waals surface area contributed by atoms with E-state index < -0.39 is 0 Å². The molecule has 80 valence electrons. The van der Waals surface area contributed by atoms with E-state index in [4.69, 9.17) is 0 Å². The highest BCUT2D eigenvalue weighted by Gasteiger charge is 2.18. The van der Waals surface area contributed by atoms with Gasteiger partial charge in [0.25, 0.3) is 5.91 Å². The number of amides is 1. The van der Waals surface area contributed by atoms with Gasteiger partial charge in [-0.2, -0.15) is 11.8 Å². The quantitative estimate of drug-likeness (QED) is 0.834. The molecular formula is C11H12FNOS. The summed E-state index contributed by atoms with van der Waals surface area (Å²) in [7, 11) is 0. The topological polar surface area (TPSA) is 29.1 Å². The molecule has 1 aliphatic rings. The summed E-state index contributed by atoms with van der Waals surface area (Å²) in [5.74, 6) is 1.66. The number of benzene rings is 1. The van der Waals surface area contributed by atoms with Crippen molar-refractivity contribution in [1.29, 1.82) is 0 Å². The predicted molar refractivity (Wildman–Crippen MR) is 59.6 cm³/mol. The first-order valence-corrected chi connectivity index (χ1v) is 6.05. The number of halogens is 1. The Bertz CT molecular complexity index is 346. The van der Waals surface area contributed by atoms with Crippen LogP contribution in [0.1, 0.15) is 16.8 Å². The molecule has 1 fully saturated rings. The number of nitrogens with one attached hydrogen (secondary N) is 1. The van der Waals surface area contributed by atoms with Crippen molar-refractivity contribution in [1.82, 2.24) is 5.32 Å². The second-order valence-corrected chi connectivity index (χ2v) is 4.69. The molecule has 15 heavy (non-hydrogen) atoms. The molecule has 2 rings (SSSR count). The molecule has 1 saturated heterocycles. The Kier molecular flexibility index (Phi) is 3.26. The third-order valence-electron chi connectivity index (χ3n) is 2.37. The van der Waals surface area contributed by atoms with Crippen LogP contribution in [0.4, 0.5) is 4.39 Å². The molecule has 1 amide bonds. The minimum absolute atomic E-state index is 0.109. The zero-order chi connectivity index (χ0) is 10.7. The van der Waals surface area contributed by atoms with Crippen molar-refractivity contribution in [3.05, 3.63) is 35.6 Å². The van der Waals surface area contributed by atoms with Crippen molar-refractivity contribution < 1.29 is 9.18 Å². The highest BCUT2D eigenvalue weighted by atomic mass is 32.2. The van der Waals surface area contributed by atoms with E-state index in [0.29, 0.717) is 5.56 Å². The summed E-state index contributed by atoms with van der Waals surface area (Å²) in [5, 5.41) is 2.93. The van der Waals surface area contributed by atoms with E-state index in [9.17, 15) is 9.18 Å². The maximum Gasteiger partial charge on any atom is 0.251 e. The summed E-state index contributed by atoms with van der Waals surface area (Å²) in [4.78, 5) is 11.7. The van der Waals surface area contributed by atoms with Gasteiger partial charge >= 0.3 is 0 Å². The van der Waals surface area contributed by atoms with Crippen LogP contribution in [0.15, 0.2) is 24.3 Å². The Labute approximate surface area is 92.3 Å². The number of hydrogen-bond acceptors (Lipinski definition) is 2. The van der Waals surface area contributed by atoms with E-state index in [0.717, 1.165) is 17.9 Å². The van der Waals surface area contributed by atoms with Crippen LogP contribution in [-0.4, -0.2) is 23.5 Å². The number of carbonyl (C=O) groups is 1. The Morgan fingerprint density at radius 2 is 2.13 bits per heavy atom. The second-order valence-electron chi connectivity index (χ2n) is 3.54. The molecule has 0 aliphatic carbocycles. The number of rotatable bonds is 2. The first kappa shape index (κ1) is 10.5. The van der Waals surface area contributed by atoms with Gasteiger partial charge in [0, 0.05) is 17.4 Å². The van der Waals surface area contributed by atoms with Crippen LogP contribution in [0, 0.1) is 5.82 Å². The van der Waals surface area contributed by atoms with Gasteiger partial charge in [0.05, 0.1) is 0 Å². The standard InChI is InChI=1S/C11H12FNOS/c12-9-3-1-8(2-4-9)11(14)13-10-5-6-15-7-10/h1-4,10H,5-7H2,(H,13,14)/t10-/m1/s1. The molecule has 0 saturated carbocycles. The van der Waals surface area contributed by atoms with Gasteiger partial charge in [0.15, 0.2) is 0 Å². The highest BCUT2D eigenvalue weighted by molar-refractivity contribution is 7.99. The SMILES string of the molecule is O=C(N[C@@H]1CCSC1)c1ccc(F)cc1. The van der Waals surface area contributed by atoms with Crippen molar-refractivity contribution in [2.75, 3.05) is 11.5 Å². The van der Waals surface area contributed by atoms with Crippen LogP contribution in [0.2, 0.25) is 0 Å². The van der Waals surface area contributed by atoms with E-state index in [2.05, 4.69) is 5.32 Å². The van der Waals surface area contributed by atoms with Gasteiger partial charge in [-0.25, -0.2) is 4.39 Å². The molecule has 0 aromatic heterocycles. The Balaban J connectivity index is 1.98. The van der Waals surface area contributed by atoms with E-state index in [-0.39, 0.29) is 17.8 Å². The maximum atomic E-state index is 12.6. The van der Waals surface area contributed by atoms with Crippen LogP contribution in [0.5, 0.6) is 0 Å². The van der Waals surface area contributed by atoms with Crippen molar-refractivity contribution in [2.24, 2.45) is 0 Å². The summed E-state index contributed by atoms with van der Waals surface area (Å²) < 4.78 is 12.6. The van der Waals surface area contributed by atoms with Gasteiger partial charge in [-0.05, 0) is 36.4 Å². The third-order valence-corrected chi connectivity index (χ3v) is 3.53. The average Bonchev–Trinajstić information content (AvgIpc) is 2.71. The predicted octanol–water partition coefficient (Wildman–Crippen LogP) is 2.06. The van der Waals surface area contributed by atoms with E-state index in [1.807, 2.05) is 11.8 Å². The lowest BCUT2D eigenvalue weighted by Gasteiger charge is -2.10. The van der Waals surface area contributed by atoms with E-state index in [1.165, 1.54) is 24.3 Å². The zero-order valence-electron chi connectivity index (χ0n) is 8.20. The zero-order valence-corrected chi connectivity index (χ0v) is 9.02. The number of carbonyl (C=O) groups excluding carboxylic acids is 1. The monoisotopic (exact) mass is 225 g/mol. The van der Waals surface area contributed by atoms with Crippen molar-refractivity contribution in [2.45, 2.75) is 12.5 Å². The largest absolute Gasteiger partial charge is 0.348 e. The molecule has 1 N–H and O–H groups in total. The fraction of sp³-hybridized carbons (Fsp3) is 0.364. The first-order chi connectivity index (χ1) is 7.25. The summed E-state index contributed by atoms with van der Waals surface area (Å²) in [6, 6.07) is 5.89. The molecule has 4 heteroatoms. The molecule has 0 radical (unpaired) electrons. The third kappa shape index (κ3) is 2.72. The lowest BCUT2D eigenvalue weighted by atomic mass is 10.2. The van der Waals surface area contributed by atoms with Crippen molar-refractivity contribution in [3.63, 3.8) is 0 Å². The fourth-order valence-electron chi connectivity index (χ4n) is 1.52. The molecular weight excluding hydrogens is 213 g/mol. The van der Waals surface area contributed by atoms with Crippen LogP contribution >= 0.6 is 11.8 Å². The maximum absolute atomic E-state index is 12.6. The van der Waals surface area contributed by atoms with Crippen LogP contribution in [0.3, 0.4) is 0 Å². The van der Waals surface area contributed by atoms with Gasteiger partial charge < -0.3 is 5.32 Å². The molecule has 2 nitrogen and oxygen atoms in total. The fourth-order valence-corrected chi connectivity index (χ4v) is 2.67. The Hall–Kier alpha value is -1.03. The van der Waals surface area contributed by atoms with E-state index in [1.54, 1.807) is 0 Å². The normalized spacial score (nSPS) is 20.2. The summed E-state index contributed by atoms with van der Waals surface area (Å²) >= 11 is 1.85. The van der Waals surface area contributed by atoms with Gasteiger partial charge in [-0.1, -0.05) is 0 Å². The molecule has 1 aliphatic heterocycles.